The molecule has 0 aromatic rings. The van der Waals surface area contributed by atoms with Crippen molar-refractivity contribution in [2.24, 2.45) is 0 Å². The molecule has 286 valence electrons. The first-order valence-corrected chi connectivity index (χ1v) is 21.3. The van der Waals surface area contributed by atoms with E-state index in [0.717, 1.165) is 70.6 Å². The van der Waals surface area contributed by atoms with Gasteiger partial charge < -0.3 is 19.3 Å². The molecule has 0 fully saturated rings. The number of carbonyl (C=O) groups excluding carboxylic acids is 2. The van der Waals surface area contributed by atoms with Crippen LogP contribution < -0.4 is 0 Å². The zero-order chi connectivity index (χ0) is 36.1. The van der Waals surface area contributed by atoms with E-state index in [1.807, 2.05) is 0 Å². The van der Waals surface area contributed by atoms with Crippen molar-refractivity contribution in [1.82, 2.24) is 0 Å². The first-order valence-electron chi connectivity index (χ1n) is 19.8. The minimum absolute atomic E-state index is 0.205. The molecule has 0 aliphatic carbocycles. The summed E-state index contributed by atoms with van der Waals surface area (Å²) >= 11 is 0. The number of hydrogen-bond donors (Lipinski definition) is 2. The molecule has 0 heterocycles. The first-order chi connectivity index (χ1) is 23.8. The van der Waals surface area contributed by atoms with Gasteiger partial charge in [-0.3, -0.25) is 14.1 Å². The summed E-state index contributed by atoms with van der Waals surface area (Å²) in [7, 11) is -4.75. The summed E-state index contributed by atoms with van der Waals surface area (Å²) in [5, 5.41) is 0. The summed E-state index contributed by atoms with van der Waals surface area (Å²) in [6, 6.07) is 0. The van der Waals surface area contributed by atoms with Gasteiger partial charge in [-0.05, 0) is 64.2 Å². The molecule has 0 aliphatic heterocycles. The molecule has 0 rings (SSSR count). The molecule has 8 nitrogen and oxygen atoms in total. The summed E-state index contributed by atoms with van der Waals surface area (Å²) < 4.78 is 26.3. The standard InChI is InChI=1S/C40H73O8P/c1-3-5-7-9-11-13-15-16-17-18-19-20-21-22-23-24-25-27-29-31-33-35-40(42)48-38(37-47-49(43,44)45)36-46-39(41)34-32-30-28-26-14-12-10-8-6-4-2/h8,10,15-16,18-19,38H,3-7,9,11-14,17,20-37H2,1-2H3,(H2,43,44,45)/b10-8-,16-15-,19-18-. The van der Waals surface area contributed by atoms with Crippen LogP contribution in [0, 0.1) is 0 Å². The summed E-state index contributed by atoms with van der Waals surface area (Å²) in [4.78, 5) is 42.7. The van der Waals surface area contributed by atoms with Crippen molar-refractivity contribution in [2.75, 3.05) is 13.2 Å². The summed E-state index contributed by atoms with van der Waals surface area (Å²) in [5.74, 6) is -0.902. The maximum Gasteiger partial charge on any atom is 0.469 e. The molecule has 0 spiro atoms. The van der Waals surface area contributed by atoms with E-state index in [0.29, 0.717) is 12.8 Å². The lowest BCUT2D eigenvalue weighted by atomic mass is 10.1. The van der Waals surface area contributed by atoms with Gasteiger partial charge in [0.15, 0.2) is 6.10 Å². The Labute approximate surface area is 300 Å². The SMILES string of the molecule is CCC/C=C\CCCCCCCC(=O)OCC(COP(=O)(O)O)OC(=O)CCCCCCCCCCC/C=C\C/C=C\CCCCCCC. The molecule has 1 unspecified atom stereocenters. The van der Waals surface area contributed by atoms with Gasteiger partial charge in [-0.1, -0.05) is 147 Å². The quantitative estimate of drug-likeness (QED) is 0.0285. The summed E-state index contributed by atoms with van der Waals surface area (Å²) in [6.45, 7) is 3.59. The molecule has 0 saturated carbocycles. The Hall–Kier alpha value is -1.73. The van der Waals surface area contributed by atoms with Crippen molar-refractivity contribution >= 4 is 19.8 Å². The van der Waals surface area contributed by atoms with Crippen LogP contribution in [0.25, 0.3) is 0 Å². The van der Waals surface area contributed by atoms with Crippen LogP contribution in [0.15, 0.2) is 36.5 Å². The van der Waals surface area contributed by atoms with Gasteiger partial charge in [0.1, 0.15) is 6.61 Å². The van der Waals surface area contributed by atoms with Crippen molar-refractivity contribution in [3.63, 3.8) is 0 Å². The average molecular weight is 713 g/mol. The Balaban J connectivity index is 3.90. The fourth-order valence-corrected chi connectivity index (χ4v) is 5.77. The fourth-order valence-electron chi connectivity index (χ4n) is 5.40. The van der Waals surface area contributed by atoms with Gasteiger partial charge in [-0.25, -0.2) is 4.57 Å². The highest BCUT2D eigenvalue weighted by molar-refractivity contribution is 7.46. The smallest absolute Gasteiger partial charge is 0.462 e. The summed E-state index contributed by atoms with van der Waals surface area (Å²) in [5.41, 5.74) is 0. The van der Waals surface area contributed by atoms with Gasteiger partial charge in [-0.2, -0.15) is 0 Å². The second-order valence-corrected chi connectivity index (χ2v) is 14.5. The largest absolute Gasteiger partial charge is 0.469 e. The summed E-state index contributed by atoms with van der Waals surface area (Å²) in [6.07, 6.45) is 41.6. The lowest BCUT2D eigenvalue weighted by Crippen LogP contribution is -2.29. The van der Waals surface area contributed by atoms with Gasteiger partial charge in [0, 0.05) is 12.8 Å². The normalized spacial score (nSPS) is 12.8. The molecule has 9 heteroatoms. The van der Waals surface area contributed by atoms with E-state index in [1.165, 1.54) is 77.0 Å². The third-order valence-electron chi connectivity index (χ3n) is 8.36. The molecule has 0 radical (unpaired) electrons. The number of unbranched alkanes of at least 4 members (excludes halogenated alkanes) is 20. The molecule has 0 aromatic heterocycles. The zero-order valence-corrected chi connectivity index (χ0v) is 32.2. The van der Waals surface area contributed by atoms with Crippen LogP contribution in [0.5, 0.6) is 0 Å². The van der Waals surface area contributed by atoms with E-state index in [1.54, 1.807) is 0 Å². The van der Waals surface area contributed by atoms with E-state index in [2.05, 4.69) is 54.8 Å². The van der Waals surface area contributed by atoms with Crippen molar-refractivity contribution in [2.45, 2.75) is 193 Å². The molecular formula is C40H73O8P. The predicted octanol–water partition coefficient (Wildman–Crippen LogP) is 11.8. The van der Waals surface area contributed by atoms with Gasteiger partial charge in [0.2, 0.25) is 0 Å². The maximum absolute atomic E-state index is 12.4. The number of hydrogen-bond acceptors (Lipinski definition) is 6. The Morgan fingerprint density at radius 1 is 0.531 bits per heavy atom. The number of phosphoric acid groups is 1. The number of phosphoric ester groups is 1. The lowest BCUT2D eigenvalue weighted by Gasteiger charge is -2.18. The highest BCUT2D eigenvalue weighted by atomic mass is 31.2. The van der Waals surface area contributed by atoms with E-state index in [-0.39, 0.29) is 19.4 Å². The van der Waals surface area contributed by atoms with Crippen molar-refractivity contribution in [3.05, 3.63) is 36.5 Å². The Bertz CT molecular complexity index is 895. The van der Waals surface area contributed by atoms with Gasteiger partial charge in [0.25, 0.3) is 0 Å². The first kappa shape index (κ1) is 47.3. The van der Waals surface area contributed by atoms with Crippen molar-refractivity contribution < 1.29 is 37.9 Å². The highest BCUT2D eigenvalue weighted by Crippen LogP contribution is 2.36. The third-order valence-corrected chi connectivity index (χ3v) is 8.85. The lowest BCUT2D eigenvalue weighted by molar-refractivity contribution is -0.161. The number of allylic oxidation sites excluding steroid dienone is 6. The fraction of sp³-hybridized carbons (Fsp3) is 0.800. The zero-order valence-electron chi connectivity index (χ0n) is 31.3. The van der Waals surface area contributed by atoms with Crippen LogP contribution in [0.4, 0.5) is 0 Å². The molecule has 0 amide bonds. The van der Waals surface area contributed by atoms with Crippen LogP contribution in [-0.4, -0.2) is 41.0 Å². The number of esters is 2. The van der Waals surface area contributed by atoms with E-state index in [9.17, 15) is 14.2 Å². The van der Waals surface area contributed by atoms with Gasteiger partial charge in [-0.15, -0.1) is 0 Å². The van der Waals surface area contributed by atoms with Crippen LogP contribution in [-0.2, 0) is 28.2 Å². The molecule has 1 atom stereocenters. The number of rotatable bonds is 36. The molecule has 0 bridgehead atoms. The maximum atomic E-state index is 12.4. The van der Waals surface area contributed by atoms with Crippen LogP contribution in [0.2, 0.25) is 0 Å². The molecule has 0 aliphatic rings. The number of ether oxygens (including phenoxy) is 2. The van der Waals surface area contributed by atoms with Gasteiger partial charge >= 0.3 is 19.8 Å². The molecule has 0 saturated heterocycles. The topological polar surface area (TPSA) is 119 Å². The Morgan fingerprint density at radius 2 is 0.959 bits per heavy atom. The Kier molecular flexibility index (Phi) is 34.8. The van der Waals surface area contributed by atoms with E-state index < -0.39 is 32.5 Å². The van der Waals surface area contributed by atoms with Crippen LogP contribution in [0.1, 0.15) is 187 Å². The second kappa shape index (κ2) is 36.1. The average Bonchev–Trinajstić information content (AvgIpc) is 3.07. The Morgan fingerprint density at radius 3 is 1.45 bits per heavy atom. The minimum atomic E-state index is -4.75. The number of carbonyl (C=O) groups is 2. The molecule has 2 N–H and O–H groups in total. The van der Waals surface area contributed by atoms with Crippen molar-refractivity contribution in [1.29, 1.82) is 0 Å². The molecular weight excluding hydrogens is 639 g/mol. The van der Waals surface area contributed by atoms with E-state index in [4.69, 9.17) is 19.3 Å². The minimum Gasteiger partial charge on any atom is -0.462 e. The predicted molar refractivity (Wildman–Crippen MR) is 202 cm³/mol. The van der Waals surface area contributed by atoms with Crippen LogP contribution >= 0.6 is 7.82 Å². The highest BCUT2D eigenvalue weighted by Gasteiger charge is 2.22. The van der Waals surface area contributed by atoms with Crippen LogP contribution in [0.3, 0.4) is 0 Å². The molecule has 0 aromatic carbocycles. The van der Waals surface area contributed by atoms with E-state index >= 15 is 0 Å². The third kappa shape index (κ3) is 38.9. The monoisotopic (exact) mass is 713 g/mol. The molecule has 49 heavy (non-hydrogen) atoms. The second-order valence-electron chi connectivity index (χ2n) is 13.2. The van der Waals surface area contributed by atoms with Crippen molar-refractivity contribution in [3.8, 4) is 0 Å². The van der Waals surface area contributed by atoms with Gasteiger partial charge in [0.05, 0.1) is 6.61 Å².